The van der Waals surface area contributed by atoms with Crippen molar-refractivity contribution in [2.24, 2.45) is 0 Å². The number of hydrogen-bond donors (Lipinski definition) is 2. The number of nitrogen functional groups attached to an aromatic ring is 1. The van der Waals surface area contributed by atoms with Gasteiger partial charge in [-0.2, -0.15) is 10.5 Å². The summed E-state index contributed by atoms with van der Waals surface area (Å²) in [6.45, 7) is 0. The van der Waals surface area contributed by atoms with Crippen LogP contribution in [-0.2, 0) is 5.75 Å². The lowest BCUT2D eigenvalue weighted by Crippen LogP contribution is -2.25. The number of anilines is 1. The Balaban J connectivity index is 1.67. The van der Waals surface area contributed by atoms with E-state index < -0.39 is 6.10 Å². The van der Waals surface area contributed by atoms with E-state index in [9.17, 15) is 15.6 Å². The highest BCUT2D eigenvalue weighted by molar-refractivity contribution is 7.98. The molecule has 0 saturated heterocycles. The van der Waals surface area contributed by atoms with Crippen LogP contribution in [0, 0.1) is 22.7 Å². The number of nitriles is 2. The summed E-state index contributed by atoms with van der Waals surface area (Å²) in [6, 6.07) is 15.2. The van der Waals surface area contributed by atoms with Gasteiger partial charge in [-0.3, -0.25) is 4.98 Å². The van der Waals surface area contributed by atoms with Crippen LogP contribution in [0.1, 0.15) is 36.0 Å². The molecule has 160 valence electrons. The Morgan fingerprint density at radius 1 is 1.12 bits per heavy atom. The van der Waals surface area contributed by atoms with Crippen molar-refractivity contribution in [1.29, 1.82) is 10.5 Å². The molecule has 0 unspecified atom stereocenters. The second-order valence-electron chi connectivity index (χ2n) is 7.48. The number of aliphatic hydroxyl groups is 1. The summed E-state index contributed by atoms with van der Waals surface area (Å²) in [5, 5.41) is 30.1. The number of ether oxygens (including phenoxy) is 1. The molecular formula is C24H21N5O2S. The third-order valence-electron chi connectivity index (χ3n) is 5.36. The molecule has 4 rings (SSSR count). The molecular weight excluding hydrogens is 422 g/mol. The van der Waals surface area contributed by atoms with Crippen LogP contribution in [0.5, 0.6) is 5.75 Å². The van der Waals surface area contributed by atoms with E-state index in [1.165, 1.54) is 11.8 Å². The fourth-order valence-corrected chi connectivity index (χ4v) is 4.67. The topological polar surface area (TPSA) is 129 Å². The van der Waals surface area contributed by atoms with E-state index in [-0.39, 0.29) is 17.5 Å². The number of rotatable bonds is 6. The Morgan fingerprint density at radius 2 is 1.91 bits per heavy atom. The fraction of sp³-hybridized carbons (Fsp3) is 0.250. The van der Waals surface area contributed by atoms with Gasteiger partial charge in [-0.15, -0.1) is 11.8 Å². The molecule has 0 amide bonds. The first-order valence-electron chi connectivity index (χ1n) is 10.2. The lowest BCUT2D eigenvalue weighted by Gasteiger charge is -2.18. The zero-order valence-corrected chi connectivity index (χ0v) is 18.0. The minimum atomic E-state index is -0.454. The molecule has 0 spiro atoms. The van der Waals surface area contributed by atoms with E-state index in [4.69, 9.17) is 10.5 Å². The summed E-state index contributed by atoms with van der Waals surface area (Å²) in [4.78, 5) is 8.44. The first-order valence-corrected chi connectivity index (χ1v) is 11.2. The van der Waals surface area contributed by atoms with Gasteiger partial charge in [0.2, 0.25) is 0 Å². The van der Waals surface area contributed by atoms with Crippen molar-refractivity contribution >= 4 is 17.6 Å². The summed E-state index contributed by atoms with van der Waals surface area (Å²) in [7, 11) is 0. The van der Waals surface area contributed by atoms with Gasteiger partial charge in [0.15, 0.2) is 0 Å². The van der Waals surface area contributed by atoms with E-state index in [2.05, 4.69) is 22.1 Å². The van der Waals surface area contributed by atoms with Crippen molar-refractivity contribution in [1.82, 2.24) is 9.97 Å². The summed E-state index contributed by atoms with van der Waals surface area (Å²) in [5.41, 5.74) is 8.71. The SMILES string of the molecule is N#Cc1c(N)nc(SCc2cccnc2)c(C#N)c1-c1ccc(O[C@H]2CCC[C@H]2O)cc1. The zero-order chi connectivity index (χ0) is 22.5. The van der Waals surface area contributed by atoms with Gasteiger partial charge in [-0.25, -0.2) is 4.98 Å². The number of thioether (sulfide) groups is 1. The maximum atomic E-state index is 9.99. The molecule has 0 bridgehead atoms. The van der Waals surface area contributed by atoms with Crippen molar-refractivity contribution in [2.75, 3.05) is 5.73 Å². The van der Waals surface area contributed by atoms with Crippen LogP contribution in [0.25, 0.3) is 11.1 Å². The standard InChI is InChI=1S/C24H21N5O2S/c25-11-18-22(16-6-8-17(9-7-16)31-21-5-1-4-20(21)30)19(12-26)24(29-23(18)27)32-14-15-3-2-10-28-13-15/h2-3,6-10,13,20-21,30H,1,4-5,14H2,(H2,27,29)/t20-,21+/m1/s1. The average Bonchev–Trinajstić information content (AvgIpc) is 3.22. The van der Waals surface area contributed by atoms with E-state index in [0.717, 1.165) is 24.8 Å². The highest BCUT2D eigenvalue weighted by Gasteiger charge is 2.27. The molecule has 3 aromatic rings. The summed E-state index contributed by atoms with van der Waals surface area (Å²) >= 11 is 1.38. The number of nitrogens with zero attached hydrogens (tertiary/aromatic N) is 4. The van der Waals surface area contributed by atoms with Crippen LogP contribution in [0.15, 0.2) is 53.8 Å². The molecule has 3 N–H and O–H groups in total. The first kappa shape index (κ1) is 21.6. The number of aromatic nitrogens is 2. The molecule has 1 fully saturated rings. The van der Waals surface area contributed by atoms with Crippen molar-refractivity contribution in [2.45, 2.75) is 42.2 Å². The van der Waals surface area contributed by atoms with Gasteiger partial charge in [0, 0.05) is 23.7 Å². The molecule has 0 aliphatic heterocycles. The lowest BCUT2D eigenvalue weighted by molar-refractivity contribution is 0.0604. The van der Waals surface area contributed by atoms with Gasteiger partial charge in [-0.05, 0) is 48.6 Å². The third kappa shape index (κ3) is 4.52. The summed E-state index contributed by atoms with van der Waals surface area (Å²) < 4.78 is 5.90. The van der Waals surface area contributed by atoms with Gasteiger partial charge in [0.05, 0.1) is 11.7 Å². The third-order valence-corrected chi connectivity index (χ3v) is 6.41. The molecule has 2 aromatic heterocycles. The van der Waals surface area contributed by atoms with Crippen molar-refractivity contribution in [3.05, 3.63) is 65.5 Å². The van der Waals surface area contributed by atoms with Crippen LogP contribution < -0.4 is 10.5 Å². The molecule has 0 radical (unpaired) electrons. The minimum Gasteiger partial charge on any atom is -0.488 e. The van der Waals surface area contributed by atoms with Crippen molar-refractivity contribution in [3.8, 4) is 29.0 Å². The Morgan fingerprint density at radius 3 is 2.53 bits per heavy atom. The van der Waals surface area contributed by atoms with Crippen molar-refractivity contribution in [3.63, 3.8) is 0 Å². The van der Waals surface area contributed by atoms with Crippen LogP contribution in [0.4, 0.5) is 5.82 Å². The molecule has 7 nitrogen and oxygen atoms in total. The first-order chi connectivity index (χ1) is 15.6. The molecule has 32 heavy (non-hydrogen) atoms. The maximum Gasteiger partial charge on any atom is 0.143 e. The molecule has 8 heteroatoms. The van der Waals surface area contributed by atoms with Gasteiger partial charge in [-0.1, -0.05) is 18.2 Å². The normalized spacial score (nSPS) is 17.5. The molecule has 2 heterocycles. The Kier molecular flexibility index (Phi) is 6.55. The summed E-state index contributed by atoms with van der Waals surface area (Å²) in [5.74, 6) is 1.28. The summed E-state index contributed by atoms with van der Waals surface area (Å²) in [6.07, 6.45) is 5.30. The van der Waals surface area contributed by atoms with E-state index >= 15 is 0 Å². The number of hydrogen-bond acceptors (Lipinski definition) is 8. The van der Waals surface area contributed by atoms with Crippen LogP contribution in [-0.4, -0.2) is 27.3 Å². The van der Waals surface area contributed by atoms with Crippen LogP contribution >= 0.6 is 11.8 Å². The molecule has 1 aliphatic carbocycles. The minimum absolute atomic E-state index is 0.0876. The largest absolute Gasteiger partial charge is 0.488 e. The second kappa shape index (κ2) is 9.69. The molecule has 1 aliphatic rings. The fourth-order valence-electron chi connectivity index (χ4n) is 3.75. The smallest absolute Gasteiger partial charge is 0.143 e. The molecule has 2 atom stereocenters. The van der Waals surface area contributed by atoms with Crippen LogP contribution in [0.2, 0.25) is 0 Å². The Labute approximate surface area is 190 Å². The Bertz CT molecular complexity index is 1190. The maximum absolute atomic E-state index is 9.99. The number of aliphatic hydroxyl groups excluding tert-OH is 1. The van der Waals surface area contributed by atoms with Gasteiger partial charge in [0.25, 0.3) is 0 Å². The van der Waals surface area contributed by atoms with E-state index in [0.29, 0.717) is 33.2 Å². The lowest BCUT2D eigenvalue weighted by atomic mass is 9.97. The monoisotopic (exact) mass is 443 g/mol. The number of nitrogens with two attached hydrogens (primary N) is 1. The second-order valence-corrected chi connectivity index (χ2v) is 8.44. The van der Waals surface area contributed by atoms with Crippen LogP contribution in [0.3, 0.4) is 0 Å². The predicted molar refractivity (Wildman–Crippen MR) is 122 cm³/mol. The number of pyridine rings is 2. The van der Waals surface area contributed by atoms with E-state index in [1.807, 2.05) is 12.1 Å². The van der Waals surface area contributed by atoms with Crippen molar-refractivity contribution < 1.29 is 9.84 Å². The zero-order valence-electron chi connectivity index (χ0n) is 17.2. The highest BCUT2D eigenvalue weighted by Crippen LogP contribution is 2.37. The average molecular weight is 444 g/mol. The quantitative estimate of drug-likeness (QED) is 0.546. The van der Waals surface area contributed by atoms with Gasteiger partial charge < -0.3 is 15.6 Å². The highest BCUT2D eigenvalue weighted by atomic mass is 32.2. The predicted octanol–water partition coefficient (Wildman–Crippen LogP) is 4.05. The number of benzene rings is 1. The van der Waals surface area contributed by atoms with Gasteiger partial charge in [0.1, 0.15) is 40.4 Å². The Hall–Kier alpha value is -3.59. The van der Waals surface area contributed by atoms with E-state index in [1.54, 1.807) is 36.7 Å². The molecule has 1 saturated carbocycles. The van der Waals surface area contributed by atoms with Gasteiger partial charge >= 0.3 is 0 Å². The molecule has 1 aromatic carbocycles.